The summed E-state index contributed by atoms with van der Waals surface area (Å²) < 4.78 is 61.0. The molecule has 0 bridgehead atoms. The summed E-state index contributed by atoms with van der Waals surface area (Å²) in [5.41, 5.74) is -0.372. The Balaban J connectivity index is 1.10. The third-order valence-corrected chi connectivity index (χ3v) is 8.57. The maximum Gasteiger partial charge on any atom is 0.416 e. The quantitative estimate of drug-likeness (QED) is 0.165. The largest absolute Gasteiger partial charge is 0.424 e. The molecule has 49 heavy (non-hydrogen) atoms. The van der Waals surface area contributed by atoms with Gasteiger partial charge in [0.2, 0.25) is 5.91 Å². The highest BCUT2D eigenvalue weighted by molar-refractivity contribution is 7.19. The van der Waals surface area contributed by atoms with Crippen molar-refractivity contribution in [3.63, 3.8) is 0 Å². The average Bonchev–Trinajstić information content (AvgIpc) is 3.70. The van der Waals surface area contributed by atoms with Crippen LogP contribution >= 0.6 is 11.3 Å². The first kappa shape index (κ1) is 33.5. The van der Waals surface area contributed by atoms with Crippen LogP contribution in [0.2, 0.25) is 0 Å². The summed E-state index contributed by atoms with van der Waals surface area (Å²) in [5.74, 6) is -0.576. The Morgan fingerprint density at radius 2 is 1.67 bits per heavy atom. The Kier molecular flexibility index (Phi) is 9.07. The predicted octanol–water partition coefficient (Wildman–Crippen LogP) is 8.19. The van der Waals surface area contributed by atoms with Gasteiger partial charge in [-0.25, -0.2) is 28.8 Å². The van der Waals surface area contributed by atoms with Crippen LogP contribution in [-0.2, 0) is 16.4 Å². The van der Waals surface area contributed by atoms with E-state index >= 15 is 0 Å². The Morgan fingerprint density at radius 3 is 2.33 bits per heavy atom. The number of urea groups is 1. The van der Waals surface area contributed by atoms with E-state index in [1.807, 2.05) is 32.9 Å². The van der Waals surface area contributed by atoms with Crippen LogP contribution < -0.4 is 20.3 Å². The number of rotatable bonds is 7. The highest BCUT2D eigenvalue weighted by Crippen LogP contribution is 2.35. The van der Waals surface area contributed by atoms with Gasteiger partial charge in [0.15, 0.2) is 5.13 Å². The molecule has 4 heterocycles. The van der Waals surface area contributed by atoms with Crippen LogP contribution in [0.25, 0.3) is 16.1 Å². The van der Waals surface area contributed by atoms with Crippen LogP contribution in [0.4, 0.5) is 39.0 Å². The fourth-order valence-electron chi connectivity index (χ4n) is 4.91. The molecule has 3 aromatic heterocycles. The van der Waals surface area contributed by atoms with Crippen molar-refractivity contribution in [2.45, 2.75) is 51.6 Å². The first-order chi connectivity index (χ1) is 23.2. The van der Waals surface area contributed by atoms with Crippen LogP contribution in [0.15, 0.2) is 67.1 Å². The van der Waals surface area contributed by atoms with Crippen molar-refractivity contribution in [1.29, 1.82) is 0 Å². The van der Waals surface area contributed by atoms with E-state index in [0.29, 0.717) is 35.6 Å². The Bertz CT molecular complexity index is 1990. The summed E-state index contributed by atoms with van der Waals surface area (Å²) in [6.07, 6.45) is 2.06. The molecule has 0 aliphatic carbocycles. The minimum absolute atomic E-state index is 0.0214. The number of hydrogen-bond acceptors (Lipinski definition) is 8. The number of hydrogen-bond donors (Lipinski definition) is 2. The zero-order valence-corrected chi connectivity index (χ0v) is 27.3. The maximum absolute atomic E-state index is 14.9. The fourth-order valence-corrected chi connectivity index (χ4v) is 5.88. The summed E-state index contributed by atoms with van der Waals surface area (Å²) in [4.78, 5) is 40.5. The number of halogens is 4. The summed E-state index contributed by atoms with van der Waals surface area (Å²) in [5, 5.41) is 10.2. The van der Waals surface area contributed by atoms with Crippen LogP contribution in [0.5, 0.6) is 11.8 Å². The predicted molar refractivity (Wildman–Crippen MR) is 176 cm³/mol. The first-order valence-corrected chi connectivity index (χ1v) is 16.0. The number of nitrogens with zero attached hydrogens (tertiary/aromatic N) is 6. The lowest BCUT2D eigenvalue weighted by molar-refractivity contribution is -0.137. The van der Waals surface area contributed by atoms with Gasteiger partial charge in [0.25, 0.3) is 0 Å². The van der Waals surface area contributed by atoms with E-state index in [-0.39, 0.29) is 29.1 Å². The van der Waals surface area contributed by atoms with Gasteiger partial charge in [-0.1, -0.05) is 32.1 Å². The molecule has 5 aromatic rings. The number of carbonyl (C=O) groups is 2. The van der Waals surface area contributed by atoms with Gasteiger partial charge in [0, 0.05) is 30.6 Å². The summed E-state index contributed by atoms with van der Waals surface area (Å²) >= 11 is 1.45. The molecular weight excluding hydrogens is 664 g/mol. The summed E-state index contributed by atoms with van der Waals surface area (Å²) in [6.45, 7) is 6.21. The van der Waals surface area contributed by atoms with Crippen molar-refractivity contribution in [3.05, 3.63) is 84.2 Å². The van der Waals surface area contributed by atoms with E-state index in [2.05, 4.69) is 30.7 Å². The number of alkyl halides is 3. The summed E-state index contributed by atoms with van der Waals surface area (Å²) in [7, 11) is 0. The highest BCUT2D eigenvalue weighted by Gasteiger charge is 2.32. The van der Waals surface area contributed by atoms with E-state index in [0.717, 1.165) is 40.1 Å². The lowest BCUT2D eigenvalue weighted by Crippen LogP contribution is -2.34. The molecule has 1 fully saturated rings. The molecule has 6 rings (SSSR count). The molecule has 1 saturated heterocycles. The number of benzene rings is 2. The second-order valence-corrected chi connectivity index (χ2v) is 13.2. The van der Waals surface area contributed by atoms with Gasteiger partial charge >= 0.3 is 18.2 Å². The summed E-state index contributed by atoms with van der Waals surface area (Å²) in [6, 6.07) is 10.1. The number of anilines is 3. The lowest BCUT2D eigenvalue weighted by Gasteiger charge is -2.23. The van der Waals surface area contributed by atoms with Gasteiger partial charge in [-0.3, -0.25) is 15.0 Å². The van der Waals surface area contributed by atoms with Gasteiger partial charge in [-0.2, -0.15) is 18.3 Å². The molecule has 254 valence electrons. The fraction of sp³-hybridized carbons (Fsp3) is 0.273. The zero-order valence-electron chi connectivity index (χ0n) is 26.5. The Hall–Kier alpha value is -5.38. The number of amides is 3. The number of aromatic nitrogens is 5. The molecule has 0 atom stereocenters. The third kappa shape index (κ3) is 7.69. The van der Waals surface area contributed by atoms with Gasteiger partial charge < -0.3 is 10.1 Å². The molecular formula is C33H30F4N8O3S. The minimum Gasteiger partial charge on any atom is -0.424 e. The van der Waals surface area contributed by atoms with Gasteiger partial charge in [0.05, 0.1) is 34.2 Å². The number of carbonyl (C=O) groups excluding carboxylic acids is 2. The van der Waals surface area contributed by atoms with Crippen molar-refractivity contribution < 1.29 is 31.9 Å². The second-order valence-electron chi connectivity index (χ2n) is 12.2. The van der Waals surface area contributed by atoms with E-state index in [9.17, 15) is 27.2 Å². The van der Waals surface area contributed by atoms with E-state index in [1.54, 1.807) is 23.2 Å². The van der Waals surface area contributed by atoms with Crippen LogP contribution in [0.1, 0.15) is 51.3 Å². The van der Waals surface area contributed by atoms with Crippen molar-refractivity contribution in [1.82, 2.24) is 24.7 Å². The van der Waals surface area contributed by atoms with Crippen molar-refractivity contribution in [3.8, 4) is 27.9 Å². The van der Waals surface area contributed by atoms with E-state index in [1.165, 1.54) is 29.8 Å². The molecule has 0 spiro atoms. The van der Waals surface area contributed by atoms with E-state index < -0.39 is 29.0 Å². The van der Waals surface area contributed by atoms with Crippen molar-refractivity contribution >= 4 is 39.9 Å². The molecule has 0 radical (unpaired) electrons. The van der Waals surface area contributed by atoms with Gasteiger partial charge in [0.1, 0.15) is 23.1 Å². The monoisotopic (exact) mass is 694 g/mol. The second kappa shape index (κ2) is 13.3. The Morgan fingerprint density at radius 1 is 0.939 bits per heavy atom. The lowest BCUT2D eigenvalue weighted by atomic mass is 9.92. The average molecular weight is 695 g/mol. The van der Waals surface area contributed by atoms with Gasteiger partial charge in [-0.05, 0) is 60.9 Å². The topological polar surface area (TPSA) is 127 Å². The highest BCUT2D eigenvalue weighted by atomic mass is 32.1. The van der Waals surface area contributed by atoms with Crippen LogP contribution in [0, 0.1) is 5.82 Å². The standard InChI is InChI=1S/C33H30F4N8O3S/c1-32(2,3)26-15-27(45(43-26)24-12-9-20(14-23(24)34)33(35,36)37)42-29(47)41-21-16-38-30(39-17-21)48-22-10-7-19(8-11-22)25-18-40-31(49-25)44-13-5-4-6-28(44)46/h7-12,14-18H,4-6,13H2,1-3H3,(H2,41,42,47). The smallest absolute Gasteiger partial charge is 0.416 e. The molecule has 3 amide bonds. The van der Waals surface area contributed by atoms with Crippen LogP contribution in [-0.4, -0.2) is 43.2 Å². The molecule has 2 aromatic carbocycles. The maximum atomic E-state index is 14.9. The normalized spacial score (nSPS) is 13.8. The van der Waals surface area contributed by atoms with Crippen LogP contribution in [0.3, 0.4) is 0 Å². The molecule has 0 unspecified atom stereocenters. The number of piperidine rings is 1. The van der Waals surface area contributed by atoms with Gasteiger partial charge in [-0.15, -0.1) is 0 Å². The SMILES string of the molecule is CC(C)(C)c1cc(NC(=O)Nc2cnc(Oc3ccc(-c4cnc(N5CCCCC5=O)s4)cc3)nc2)n(-c2ccc(C(F)(F)F)cc2F)n1. The number of thiazole rings is 1. The third-order valence-electron chi connectivity index (χ3n) is 7.50. The van der Waals surface area contributed by atoms with Crippen molar-refractivity contribution in [2.24, 2.45) is 0 Å². The minimum atomic E-state index is -4.72. The number of ether oxygens (including phenoxy) is 1. The first-order valence-electron chi connectivity index (χ1n) is 15.2. The van der Waals surface area contributed by atoms with E-state index in [4.69, 9.17) is 4.74 Å². The molecule has 2 N–H and O–H groups in total. The zero-order chi connectivity index (χ0) is 34.9. The molecule has 16 heteroatoms. The number of nitrogens with one attached hydrogen (secondary N) is 2. The molecule has 1 aliphatic rings. The molecule has 0 saturated carbocycles. The van der Waals surface area contributed by atoms with Crippen molar-refractivity contribution in [2.75, 3.05) is 22.1 Å². The Labute approximate surface area is 282 Å². The molecule has 11 nitrogen and oxygen atoms in total. The molecule has 1 aliphatic heterocycles.